The number of ketones is 1. The van der Waals surface area contributed by atoms with Gasteiger partial charge in [0, 0.05) is 18.4 Å². The number of rotatable bonds is 7. The highest BCUT2D eigenvalue weighted by Gasteiger charge is 2.33. The molecule has 0 bridgehead atoms. The number of hydrogen-bond donors (Lipinski definition) is 0. The van der Waals surface area contributed by atoms with Crippen molar-refractivity contribution in [1.82, 2.24) is 0 Å². The lowest BCUT2D eigenvalue weighted by Crippen LogP contribution is -2.31. The molecule has 1 aliphatic rings. The average Bonchev–Trinajstić information content (AvgIpc) is 2.47. The molecule has 0 saturated heterocycles. The standard InChI is InChI=1S/C18H26O2/c1-18(12-6-5-11-17(18)19)13-7-8-14-20-15-16-9-3-2-4-10-16/h2-4,9-10H,5-8,11-15H2,1H3/t18-/m0/s1. The lowest BCUT2D eigenvalue weighted by molar-refractivity contribution is -0.130. The normalized spacial score (nSPS) is 22.9. The molecule has 0 unspecified atom stereocenters. The molecular formula is C18H26O2. The molecule has 0 heterocycles. The summed E-state index contributed by atoms with van der Waals surface area (Å²) in [5.74, 6) is 0.481. The number of ether oxygens (including phenoxy) is 1. The van der Waals surface area contributed by atoms with Crippen LogP contribution in [0.15, 0.2) is 30.3 Å². The van der Waals surface area contributed by atoms with E-state index in [1.54, 1.807) is 0 Å². The summed E-state index contributed by atoms with van der Waals surface area (Å²) in [5, 5.41) is 0. The predicted octanol–water partition coefficient (Wildman–Crippen LogP) is 4.52. The van der Waals surface area contributed by atoms with Crippen molar-refractivity contribution in [1.29, 1.82) is 0 Å². The Hall–Kier alpha value is -1.15. The number of carbonyl (C=O) groups is 1. The summed E-state index contributed by atoms with van der Waals surface area (Å²) in [4.78, 5) is 12.0. The first-order valence-electron chi connectivity index (χ1n) is 7.86. The predicted molar refractivity (Wildman–Crippen MR) is 81.5 cm³/mol. The largest absolute Gasteiger partial charge is 0.377 e. The smallest absolute Gasteiger partial charge is 0.138 e. The molecule has 0 spiro atoms. The van der Waals surface area contributed by atoms with Crippen molar-refractivity contribution in [2.75, 3.05) is 6.61 Å². The highest BCUT2D eigenvalue weighted by atomic mass is 16.5. The highest BCUT2D eigenvalue weighted by molar-refractivity contribution is 5.85. The van der Waals surface area contributed by atoms with E-state index in [2.05, 4.69) is 19.1 Å². The van der Waals surface area contributed by atoms with E-state index in [-0.39, 0.29) is 5.41 Å². The number of carbonyl (C=O) groups excluding carboxylic acids is 1. The summed E-state index contributed by atoms with van der Waals surface area (Å²) < 4.78 is 5.68. The Balaban J connectivity index is 1.58. The third kappa shape index (κ3) is 4.45. The van der Waals surface area contributed by atoms with E-state index in [1.165, 1.54) is 12.0 Å². The van der Waals surface area contributed by atoms with Crippen LogP contribution in [0.5, 0.6) is 0 Å². The Kier molecular flexibility index (Phi) is 5.78. The highest BCUT2D eigenvalue weighted by Crippen LogP contribution is 2.37. The number of hydrogen-bond acceptors (Lipinski definition) is 2. The van der Waals surface area contributed by atoms with Gasteiger partial charge in [0.15, 0.2) is 0 Å². The van der Waals surface area contributed by atoms with E-state index < -0.39 is 0 Å². The van der Waals surface area contributed by atoms with Gasteiger partial charge in [-0.1, -0.05) is 50.1 Å². The summed E-state index contributed by atoms with van der Waals surface area (Å²) in [6.07, 6.45) is 7.35. The molecule has 110 valence electrons. The zero-order valence-electron chi connectivity index (χ0n) is 12.6. The minimum atomic E-state index is -0.0440. The van der Waals surface area contributed by atoms with E-state index >= 15 is 0 Å². The molecule has 2 nitrogen and oxygen atoms in total. The van der Waals surface area contributed by atoms with Gasteiger partial charge in [-0.25, -0.2) is 0 Å². The maximum atomic E-state index is 12.0. The van der Waals surface area contributed by atoms with Gasteiger partial charge in [-0.3, -0.25) is 4.79 Å². The third-order valence-electron chi connectivity index (χ3n) is 4.43. The molecular weight excluding hydrogens is 248 g/mol. The van der Waals surface area contributed by atoms with E-state index in [4.69, 9.17) is 4.74 Å². The number of benzene rings is 1. The van der Waals surface area contributed by atoms with Gasteiger partial charge in [0.25, 0.3) is 0 Å². The first-order valence-corrected chi connectivity index (χ1v) is 7.86. The Labute approximate surface area is 122 Å². The van der Waals surface area contributed by atoms with Gasteiger partial charge in [0.2, 0.25) is 0 Å². The Morgan fingerprint density at radius 1 is 1.15 bits per heavy atom. The van der Waals surface area contributed by atoms with Crippen LogP contribution in [0, 0.1) is 5.41 Å². The molecule has 0 aliphatic heterocycles. The molecule has 2 rings (SSSR count). The molecule has 1 atom stereocenters. The number of Topliss-reactive ketones (excluding diaryl/α,β-unsaturated/α-hetero) is 1. The average molecular weight is 274 g/mol. The summed E-state index contributed by atoms with van der Waals surface area (Å²) in [6.45, 7) is 3.63. The maximum Gasteiger partial charge on any atom is 0.138 e. The monoisotopic (exact) mass is 274 g/mol. The fourth-order valence-corrected chi connectivity index (χ4v) is 2.99. The fourth-order valence-electron chi connectivity index (χ4n) is 2.99. The van der Waals surface area contributed by atoms with Crippen molar-refractivity contribution < 1.29 is 9.53 Å². The van der Waals surface area contributed by atoms with Gasteiger partial charge < -0.3 is 4.74 Å². The lowest BCUT2D eigenvalue weighted by atomic mass is 9.71. The van der Waals surface area contributed by atoms with Gasteiger partial charge in [-0.05, 0) is 31.2 Å². The minimum Gasteiger partial charge on any atom is -0.377 e. The van der Waals surface area contributed by atoms with Crippen LogP contribution in [0.1, 0.15) is 57.4 Å². The second-order valence-corrected chi connectivity index (χ2v) is 6.19. The molecule has 0 N–H and O–H groups in total. The van der Waals surface area contributed by atoms with Crippen molar-refractivity contribution in [3.63, 3.8) is 0 Å². The fraction of sp³-hybridized carbons (Fsp3) is 0.611. The van der Waals surface area contributed by atoms with Gasteiger partial charge in [-0.2, -0.15) is 0 Å². The summed E-state index contributed by atoms with van der Waals surface area (Å²) in [6, 6.07) is 10.3. The molecule has 20 heavy (non-hydrogen) atoms. The molecule has 0 amide bonds. The van der Waals surface area contributed by atoms with Crippen molar-refractivity contribution in [2.24, 2.45) is 5.41 Å². The molecule has 1 aromatic carbocycles. The molecule has 2 heteroatoms. The van der Waals surface area contributed by atoms with Crippen LogP contribution in [0.4, 0.5) is 0 Å². The maximum absolute atomic E-state index is 12.0. The van der Waals surface area contributed by atoms with Crippen LogP contribution in [0.3, 0.4) is 0 Å². The topological polar surface area (TPSA) is 26.3 Å². The molecule has 1 aromatic rings. The Morgan fingerprint density at radius 3 is 2.70 bits per heavy atom. The summed E-state index contributed by atoms with van der Waals surface area (Å²) >= 11 is 0. The molecule has 1 fully saturated rings. The second-order valence-electron chi connectivity index (χ2n) is 6.19. The van der Waals surface area contributed by atoms with Crippen molar-refractivity contribution in [3.05, 3.63) is 35.9 Å². The molecule has 1 aliphatic carbocycles. The number of unbranched alkanes of at least 4 members (excludes halogenated alkanes) is 1. The quantitative estimate of drug-likeness (QED) is 0.683. The minimum absolute atomic E-state index is 0.0440. The third-order valence-corrected chi connectivity index (χ3v) is 4.43. The van der Waals surface area contributed by atoms with Crippen LogP contribution < -0.4 is 0 Å². The van der Waals surface area contributed by atoms with E-state index in [0.717, 1.165) is 45.1 Å². The Morgan fingerprint density at radius 2 is 1.95 bits per heavy atom. The van der Waals surface area contributed by atoms with E-state index in [0.29, 0.717) is 12.4 Å². The van der Waals surface area contributed by atoms with Crippen LogP contribution in [0.25, 0.3) is 0 Å². The van der Waals surface area contributed by atoms with Crippen molar-refractivity contribution >= 4 is 5.78 Å². The van der Waals surface area contributed by atoms with Gasteiger partial charge in [0.1, 0.15) is 5.78 Å². The van der Waals surface area contributed by atoms with Crippen molar-refractivity contribution in [2.45, 2.75) is 58.5 Å². The first kappa shape index (κ1) is 15.2. The van der Waals surface area contributed by atoms with E-state index in [1.807, 2.05) is 18.2 Å². The molecule has 0 aromatic heterocycles. The molecule has 1 saturated carbocycles. The zero-order valence-corrected chi connectivity index (χ0v) is 12.6. The molecule has 0 radical (unpaired) electrons. The SMILES string of the molecule is C[C@@]1(CCCCOCc2ccccc2)CCCCC1=O. The van der Waals surface area contributed by atoms with Crippen LogP contribution in [0.2, 0.25) is 0 Å². The van der Waals surface area contributed by atoms with Crippen molar-refractivity contribution in [3.8, 4) is 0 Å². The summed E-state index contributed by atoms with van der Waals surface area (Å²) in [5.41, 5.74) is 1.18. The first-order chi connectivity index (χ1) is 9.71. The second kappa shape index (κ2) is 7.58. The van der Waals surface area contributed by atoms with Gasteiger partial charge in [-0.15, -0.1) is 0 Å². The van der Waals surface area contributed by atoms with Crippen LogP contribution in [-0.4, -0.2) is 12.4 Å². The van der Waals surface area contributed by atoms with Crippen LogP contribution >= 0.6 is 0 Å². The van der Waals surface area contributed by atoms with Gasteiger partial charge >= 0.3 is 0 Å². The van der Waals surface area contributed by atoms with Gasteiger partial charge in [0.05, 0.1) is 6.61 Å². The Bertz CT molecular complexity index is 413. The lowest BCUT2D eigenvalue weighted by Gasteiger charge is -2.32. The van der Waals surface area contributed by atoms with E-state index in [9.17, 15) is 4.79 Å². The summed E-state index contributed by atoms with van der Waals surface area (Å²) in [7, 11) is 0. The zero-order chi connectivity index (χ0) is 14.3. The van der Waals surface area contributed by atoms with Crippen LogP contribution in [-0.2, 0) is 16.1 Å².